The highest BCUT2D eigenvalue weighted by molar-refractivity contribution is 9.10. The minimum absolute atomic E-state index is 0.0680. The van der Waals surface area contributed by atoms with Crippen molar-refractivity contribution in [1.29, 1.82) is 0 Å². The van der Waals surface area contributed by atoms with E-state index in [1.54, 1.807) is 6.07 Å². The van der Waals surface area contributed by atoms with Gasteiger partial charge in [0.25, 0.3) is 0 Å². The first-order valence-corrected chi connectivity index (χ1v) is 6.10. The van der Waals surface area contributed by atoms with Crippen molar-refractivity contribution < 1.29 is 13.2 Å². The van der Waals surface area contributed by atoms with E-state index in [-0.39, 0.29) is 24.6 Å². The molecule has 1 saturated carbocycles. The first-order chi connectivity index (χ1) is 7.48. The van der Waals surface area contributed by atoms with Gasteiger partial charge in [0, 0.05) is 17.3 Å². The highest BCUT2D eigenvalue weighted by Gasteiger charge is 2.35. The van der Waals surface area contributed by atoms with Gasteiger partial charge in [0.15, 0.2) is 0 Å². The molecule has 0 amide bonds. The lowest BCUT2D eigenvalue weighted by Crippen LogP contribution is -2.23. The van der Waals surface area contributed by atoms with E-state index in [2.05, 4.69) is 15.9 Å². The maximum absolute atomic E-state index is 13.0. The fraction of sp³-hybridized carbons (Fsp3) is 0.500. The summed E-state index contributed by atoms with van der Waals surface area (Å²) in [6, 6.07) is 4.46. The van der Waals surface area contributed by atoms with Gasteiger partial charge in [-0.05, 0) is 36.5 Å². The topological polar surface area (TPSA) is 0 Å². The van der Waals surface area contributed by atoms with Crippen LogP contribution < -0.4 is 0 Å². The van der Waals surface area contributed by atoms with Crippen LogP contribution in [0.5, 0.6) is 0 Å². The summed E-state index contributed by atoms with van der Waals surface area (Å²) in [5, 5.41) is 0. The van der Waals surface area contributed by atoms with Crippen molar-refractivity contribution in [3.8, 4) is 0 Å². The van der Waals surface area contributed by atoms with Crippen molar-refractivity contribution in [3.63, 3.8) is 0 Å². The van der Waals surface area contributed by atoms with Crippen LogP contribution in [0.1, 0.15) is 37.2 Å². The molecule has 0 spiro atoms. The largest absolute Gasteiger partial charge is 0.248 e. The highest BCUT2D eigenvalue weighted by Crippen LogP contribution is 2.42. The van der Waals surface area contributed by atoms with Gasteiger partial charge in [0.05, 0.1) is 0 Å². The molecular weight excluding hydrogens is 281 g/mol. The SMILES string of the molecule is Fc1ccc(C2CCC(F)(F)CC2)c(Br)c1. The summed E-state index contributed by atoms with van der Waals surface area (Å²) in [7, 11) is 0. The molecule has 0 bridgehead atoms. The molecule has 88 valence electrons. The third-order valence-electron chi connectivity index (χ3n) is 3.12. The van der Waals surface area contributed by atoms with Crippen LogP contribution in [0.25, 0.3) is 0 Å². The van der Waals surface area contributed by atoms with Gasteiger partial charge in [-0.1, -0.05) is 22.0 Å². The minimum atomic E-state index is -2.51. The van der Waals surface area contributed by atoms with Crippen LogP contribution in [0.2, 0.25) is 0 Å². The normalized spacial score (nSPS) is 21.0. The molecule has 16 heavy (non-hydrogen) atoms. The Morgan fingerprint density at radius 1 is 1.19 bits per heavy atom. The Hall–Kier alpha value is -0.510. The lowest BCUT2D eigenvalue weighted by molar-refractivity contribution is -0.0382. The number of halogens is 4. The predicted molar refractivity (Wildman–Crippen MR) is 60.3 cm³/mol. The van der Waals surface area contributed by atoms with Gasteiger partial charge in [-0.2, -0.15) is 0 Å². The van der Waals surface area contributed by atoms with Crippen LogP contribution in [0.15, 0.2) is 22.7 Å². The third-order valence-corrected chi connectivity index (χ3v) is 3.81. The van der Waals surface area contributed by atoms with Crippen molar-refractivity contribution in [3.05, 3.63) is 34.1 Å². The average molecular weight is 293 g/mol. The summed E-state index contributed by atoms with van der Waals surface area (Å²) >= 11 is 3.28. The molecule has 1 aliphatic carbocycles. The summed E-state index contributed by atoms with van der Waals surface area (Å²) in [6.07, 6.45) is 0.803. The van der Waals surface area contributed by atoms with Crippen LogP contribution in [-0.2, 0) is 0 Å². The molecule has 0 nitrogen and oxygen atoms in total. The van der Waals surface area contributed by atoms with E-state index in [9.17, 15) is 13.2 Å². The molecule has 0 radical (unpaired) electrons. The summed E-state index contributed by atoms with van der Waals surface area (Å²) < 4.78 is 39.5. The summed E-state index contributed by atoms with van der Waals surface area (Å²) in [5.41, 5.74) is 0.942. The summed E-state index contributed by atoms with van der Waals surface area (Å²) in [4.78, 5) is 0. The van der Waals surface area contributed by atoms with E-state index in [0.717, 1.165) is 5.56 Å². The van der Waals surface area contributed by atoms with Gasteiger partial charge >= 0.3 is 0 Å². The molecular formula is C12H12BrF3. The van der Waals surface area contributed by atoms with Gasteiger partial charge < -0.3 is 0 Å². The Bertz CT molecular complexity index is 380. The zero-order valence-electron chi connectivity index (χ0n) is 8.65. The lowest BCUT2D eigenvalue weighted by atomic mass is 9.82. The number of rotatable bonds is 1. The van der Waals surface area contributed by atoms with Crippen molar-refractivity contribution in [2.24, 2.45) is 0 Å². The van der Waals surface area contributed by atoms with Gasteiger partial charge in [-0.3, -0.25) is 0 Å². The van der Waals surface area contributed by atoms with E-state index in [4.69, 9.17) is 0 Å². The second kappa shape index (κ2) is 4.40. The van der Waals surface area contributed by atoms with E-state index >= 15 is 0 Å². The molecule has 0 saturated heterocycles. The lowest BCUT2D eigenvalue weighted by Gasteiger charge is -2.29. The molecule has 2 rings (SSSR count). The summed E-state index contributed by atoms with van der Waals surface area (Å²) in [6.45, 7) is 0. The number of benzene rings is 1. The molecule has 0 N–H and O–H groups in total. The van der Waals surface area contributed by atoms with Gasteiger partial charge in [-0.15, -0.1) is 0 Å². The first kappa shape index (κ1) is 12.0. The quantitative estimate of drug-likeness (QED) is 0.692. The van der Waals surface area contributed by atoms with Crippen molar-refractivity contribution in [2.45, 2.75) is 37.5 Å². The Labute approximate surface area is 101 Å². The molecule has 4 heteroatoms. The number of alkyl halides is 2. The first-order valence-electron chi connectivity index (χ1n) is 5.31. The highest BCUT2D eigenvalue weighted by atomic mass is 79.9. The van der Waals surface area contributed by atoms with Crippen molar-refractivity contribution in [1.82, 2.24) is 0 Å². The second-order valence-corrected chi connectivity index (χ2v) is 5.15. The summed E-state index contributed by atoms with van der Waals surface area (Å²) in [5.74, 6) is -2.70. The second-order valence-electron chi connectivity index (χ2n) is 4.30. The van der Waals surface area contributed by atoms with Crippen molar-refractivity contribution in [2.75, 3.05) is 0 Å². The maximum atomic E-state index is 13.0. The van der Waals surface area contributed by atoms with E-state index < -0.39 is 5.92 Å². The zero-order valence-corrected chi connectivity index (χ0v) is 10.2. The molecule has 1 aromatic rings. The maximum Gasteiger partial charge on any atom is 0.248 e. The fourth-order valence-corrected chi connectivity index (χ4v) is 2.86. The third kappa shape index (κ3) is 2.59. The molecule has 0 aromatic heterocycles. The predicted octanol–water partition coefficient (Wildman–Crippen LogP) is 4.88. The molecule has 0 atom stereocenters. The van der Waals surface area contributed by atoms with Crippen LogP contribution in [0.3, 0.4) is 0 Å². The smallest absolute Gasteiger partial charge is 0.207 e. The number of hydrogen-bond donors (Lipinski definition) is 0. The van der Waals surface area contributed by atoms with Crippen LogP contribution in [0.4, 0.5) is 13.2 Å². The molecule has 1 aliphatic rings. The monoisotopic (exact) mass is 292 g/mol. The molecule has 1 fully saturated rings. The van der Waals surface area contributed by atoms with Gasteiger partial charge in [0.1, 0.15) is 5.82 Å². The Morgan fingerprint density at radius 3 is 2.38 bits per heavy atom. The molecule has 1 aromatic carbocycles. The van der Waals surface area contributed by atoms with Crippen molar-refractivity contribution >= 4 is 15.9 Å². The van der Waals surface area contributed by atoms with Crippen LogP contribution in [-0.4, -0.2) is 5.92 Å². The molecule has 0 heterocycles. The van der Waals surface area contributed by atoms with E-state index in [1.165, 1.54) is 12.1 Å². The van der Waals surface area contributed by atoms with E-state index in [0.29, 0.717) is 17.3 Å². The van der Waals surface area contributed by atoms with Gasteiger partial charge in [0.2, 0.25) is 5.92 Å². The van der Waals surface area contributed by atoms with Crippen LogP contribution in [0, 0.1) is 5.82 Å². The Kier molecular flexibility index (Phi) is 3.29. The molecule has 0 aliphatic heterocycles. The zero-order chi connectivity index (χ0) is 11.8. The standard InChI is InChI=1S/C12H12BrF3/c13-11-7-9(14)1-2-10(11)8-3-5-12(15,16)6-4-8/h1-2,7-8H,3-6H2. The Balaban J connectivity index is 2.14. The van der Waals surface area contributed by atoms with E-state index in [1.807, 2.05) is 0 Å². The average Bonchev–Trinajstić information content (AvgIpc) is 2.19. The Morgan fingerprint density at radius 2 is 1.81 bits per heavy atom. The fourth-order valence-electron chi connectivity index (χ4n) is 2.18. The van der Waals surface area contributed by atoms with Crippen LogP contribution >= 0.6 is 15.9 Å². The minimum Gasteiger partial charge on any atom is -0.207 e. The number of hydrogen-bond acceptors (Lipinski definition) is 0. The molecule has 0 unspecified atom stereocenters. The van der Waals surface area contributed by atoms with Gasteiger partial charge in [-0.25, -0.2) is 13.2 Å².